The molecule has 9 heteroatoms. The number of aromatic nitrogens is 4. The highest BCUT2D eigenvalue weighted by atomic mass is 16.5. The third-order valence-corrected chi connectivity index (χ3v) is 5.27. The summed E-state index contributed by atoms with van der Waals surface area (Å²) in [4.78, 5) is 25.5. The highest BCUT2D eigenvalue weighted by molar-refractivity contribution is 5.92. The first-order chi connectivity index (χ1) is 15.4. The summed E-state index contributed by atoms with van der Waals surface area (Å²) < 4.78 is 13.0. The molecule has 2 aromatic heterocycles. The minimum Gasteiger partial charge on any atom is -0.497 e. The fourth-order valence-electron chi connectivity index (χ4n) is 3.33. The Bertz CT molecular complexity index is 1370. The number of aryl methyl sites for hydroxylation is 2. The molecule has 4 rings (SSSR count). The van der Waals surface area contributed by atoms with Crippen molar-refractivity contribution in [2.45, 2.75) is 20.4 Å². The van der Waals surface area contributed by atoms with Crippen LogP contribution in [0.15, 0.2) is 53.6 Å². The monoisotopic (exact) mass is 433 g/mol. The van der Waals surface area contributed by atoms with Gasteiger partial charge in [0.1, 0.15) is 29.9 Å². The van der Waals surface area contributed by atoms with E-state index >= 15 is 0 Å². The van der Waals surface area contributed by atoms with E-state index in [9.17, 15) is 9.59 Å². The number of ether oxygens (including phenoxy) is 2. The van der Waals surface area contributed by atoms with Crippen molar-refractivity contribution < 1.29 is 14.3 Å². The SMILES string of the molecule is COc1ccc(OC)c(NC(=O)Cn2ncn3nc(-c4ccc(C)c(C)c4)cc3c2=O)c1. The van der Waals surface area contributed by atoms with Gasteiger partial charge in [0, 0.05) is 11.6 Å². The highest BCUT2D eigenvalue weighted by Crippen LogP contribution is 2.28. The third kappa shape index (κ3) is 4.04. The van der Waals surface area contributed by atoms with Gasteiger partial charge in [-0.2, -0.15) is 10.2 Å². The summed E-state index contributed by atoms with van der Waals surface area (Å²) in [6.45, 7) is 3.80. The number of methoxy groups -OCH3 is 2. The standard InChI is InChI=1S/C23H23N5O4/c1-14-5-6-16(9-15(14)2)18-11-20-23(30)27(24-13-28(20)26-18)12-22(29)25-19-10-17(31-3)7-8-21(19)32-4/h5-11,13H,12H2,1-4H3,(H,25,29). The average Bonchev–Trinajstić information content (AvgIpc) is 3.22. The maximum Gasteiger partial charge on any atom is 0.293 e. The molecule has 0 spiro atoms. The zero-order chi connectivity index (χ0) is 22.8. The van der Waals surface area contributed by atoms with Gasteiger partial charge in [-0.25, -0.2) is 9.20 Å². The second-order valence-electron chi connectivity index (χ2n) is 7.37. The molecular formula is C23H23N5O4. The molecule has 0 fully saturated rings. The van der Waals surface area contributed by atoms with Gasteiger partial charge in [-0.3, -0.25) is 9.59 Å². The van der Waals surface area contributed by atoms with E-state index in [0.717, 1.165) is 15.8 Å². The second-order valence-corrected chi connectivity index (χ2v) is 7.37. The number of rotatable bonds is 6. The molecule has 2 aromatic carbocycles. The Balaban J connectivity index is 1.60. The molecule has 9 nitrogen and oxygen atoms in total. The quantitative estimate of drug-likeness (QED) is 0.502. The summed E-state index contributed by atoms with van der Waals surface area (Å²) in [5.41, 5.74) is 4.25. The van der Waals surface area contributed by atoms with Crippen LogP contribution >= 0.6 is 0 Å². The Morgan fingerprint density at radius 1 is 1.03 bits per heavy atom. The minimum atomic E-state index is -0.426. The predicted octanol–water partition coefficient (Wildman–Crippen LogP) is 2.83. The van der Waals surface area contributed by atoms with E-state index < -0.39 is 11.5 Å². The normalized spacial score (nSPS) is 10.9. The van der Waals surface area contributed by atoms with Crippen LogP contribution in [0.4, 0.5) is 5.69 Å². The molecule has 0 aliphatic heterocycles. The van der Waals surface area contributed by atoms with Gasteiger partial charge in [-0.1, -0.05) is 12.1 Å². The Kier molecular flexibility index (Phi) is 5.63. The zero-order valence-corrected chi connectivity index (χ0v) is 18.2. The molecule has 4 aromatic rings. The first kappa shape index (κ1) is 21.1. The molecule has 0 aliphatic rings. The molecule has 2 heterocycles. The molecular weight excluding hydrogens is 410 g/mol. The van der Waals surface area contributed by atoms with Gasteiger partial charge in [-0.05, 0) is 49.2 Å². The van der Waals surface area contributed by atoms with Crippen LogP contribution in [0.2, 0.25) is 0 Å². The van der Waals surface area contributed by atoms with Gasteiger partial charge in [0.25, 0.3) is 5.56 Å². The van der Waals surface area contributed by atoms with Crippen molar-refractivity contribution in [2.75, 3.05) is 19.5 Å². The summed E-state index contributed by atoms with van der Waals surface area (Å²) in [5.74, 6) is 0.615. The molecule has 0 unspecified atom stereocenters. The molecule has 164 valence electrons. The minimum absolute atomic E-state index is 0.264. The van der Waals surface area contributed by atoms with E-state index in [1.54, 1.807) is 24.3 Å². The van der Waals surface area contributed by atoms with E-state index in [-0.39, 0.29) is 6.54 Å². The molecule has 0 bridgehead atoms. The number of nitrogens with one attached hydrogen (secondary N) is 1. The summed E-state index contributed by atoms with van der Waals surface area (Å²) in [6, 6.07) is 12.8. The number of carbonyl (C=O) groups is 1. The van der Waals surface area contributed by atoms with Crippen molar-refractivity contribution in [3.63, 3.8) is 0 Å². The zero-order valence-electron chi connectivity index (χ0n) is 18.2. The van der Waals surface area contributed by atoms with Crippen molar-refractivity contribution in [3.05, 3.63) is 70.3 Å². The Hall–Kier alpha value is -4.14. The molecule has 1 amide bonds. The van der Waals surface area contributed by atoms with Gasteiger partial charge in [0.05, 0.1) is 25.6 Å². The van der Waals surface area contributed by atoms with Crippen LogP contribution in [0.3, 0.4) is 0 Å². The fraction of sp³-hybridized carbons (Fsp3) is 0.217. The molecule has 1 N–H and O–H groups in total. The van der Waals surface area contributed by atoms with Crippen LogP contribution in [0.5, 0.6) is 11.5 Å². The molecule has 0 atom stereocenters. The highest BCUT2D eigenvalue weighted by Gasteiger charge is 2.14. The van der Waals surface area contributed by atoms with Crippen molar-refractivity contribution >= 4 is 17.1 Å². The van der Waals surface area contributed by atoms with E-state index in [0.29, 0.717) is 28.4 Å². The predicted molar refractivity (Wildman–Crippen MR) is 120 cm³/mol. The summed E-state index contributed by atoms with van der Waals surface area (Å²) in [6.07, 6.45) is 1.42. The molecule has 0 radical (unpaired) electrons. The molecule has 0 saturated heterocycles. The van der Waals surface area contributed by atoms with Gasteiger partial charge in [0.2, 0.25) is 5.91 Å². The lowest BCUT2D eigenvalue weighted by molar-refractivity contribution is -0.117. The van der Waals surface area contributed by atoms with Crippen LogP contribution in [-0.4, -0.2) is 39.5 Å². The molecule has 0 aliphatic carbocycles. The first-order valence-electron chi connectivity index (χ1n) is 9.94. The number of hydrogen-bond acceptors (Lipinski definition) is 6. The van der Waals surface area contributed by atoms with Crippen LogP contribution in [0.25, 0.3) is 16.8 Å². The lowest BCUT2D eigenvalue weighted by Gasteiger charge is -2.12. The molecule has 32 heavy (non-hydrogen) atoms. The number of amides is 1. The van der Waals surface area contributed by atoms with Crippen LogP contribution in [0.1, 0.15) is 11.1 Å². The number of fused-ring (bicyclic) bond motifs is 1. The van der Waals surface area contributed by atoms with E-state index in [4.69, 9.17) is 9.47 Å². The van der Waals surface area contributed by atoms with E-state index in [2.05, 4.69) is 15.5 Å². The lowest BCUT2D eigenvalue weighted by atomic mass is 10.0. The van der Waals surface area contributed by atoms with Crippen molar-refractivity contribution in [3.8, 4) is 22.8 Å². The number of anilines is 1. The van der Waals surface area contributed by atoms with Gasteiger partial charge >= 0.3 is 0 Å². The summed E-state index contributed by atoms with van der Waals surface area (Å²) in [7, 11) is 3.04. The van der Waals surface area contributed by atoms with Gasteiger partial charge in [0.15, 0.2) is 0 Å². The van der Waals surface area contributed by atoms with Crippen molar-refractivity contribution in [1.29, 1.82) is 0 Å². The van der Waals surface area contributed by atoms with Gasteiger partial charge < -0.3 is 14.8 Å². The maximum atomic E-state index is 12.9. The summed E-state index contributed by atoms with van der Waals surface area (Å²) >= 11 is 0. The topological polar surface area (TPSA) is 99.8 Å². The fourth-order valence-corrected chi connectivity index (χ4v) is 3.33. The smallest absolute Gasteiger partial charge is 0.293 e. The van der Waals surface area contributed by atoms with Crippen LogP contribution in [0, 0.1) is 13.8 Å². The number of hydrogen-bond donors (Lipinski definition) is 1. The second kappa shape index (κ2) is 8.54. The Labute approximate surface area is 184 Å². The average molecular weight is 433 g/mol. The van der Waals surface area contributed by atoms with E-state index in [1.807, 2.05) is 32.0 Å². The Morgan fingerprint density at radius 2 is 1.84 bits per heavy atom. The Morgan fingerprint density at radius 3 is 2.56 bits per heavy atom. The van der Waals surface area contributed by atoms with Gasteiger partial charge in [-0.15, -0.1) is 0 Å². The van der Waals surface area contributed by atoms with E-state index in [1.165, 1.54) is 30.6 Å². The maximum absolute atomic E-state index is 12.9. The summed E-state index contributed by atoms with van der Waals surface area (Å²) in [5, 5.41) is 11.3. The van der Waals surface area contributed by atoms with Crippen molar-refractivity contribution in [2.24, 2.45) is 0 Å². The third-order valence-electron chi connectivity index (χ3n) is 5.27. The molecule has 0 saturated carbocycles. The first-order valence-corrected chi connectivity index (χ1v) is 9.94. The lowest BCUT2D eigenvalue weighted by Crippen LogP contribution is -2.30. The van der Waals surface area contributed by atoms with Crippen LogP contribution in [-0.2, 0) is 11.3 Å². The number of benzene rings is 2. The number of nitrogens with zero attached hydrogens (tertiary/aromatic N) is 4. The van der Waals surface area contributed by atoms with Crippen molar-refractivity contribution in [1.82, 2.24) is 19.4 Å². The van der Waals surface area contributed by atoms with Crippen LogP contribution < -0.4 is 20.3 Å². The largest absolute Gasteiger partial charge is 0.497 e. The number of carbonyl (C=O) groups excluding carboxylic acids is 1.